The number of hydrogen-bond acceptors (Lipinski definition) is 8. The van der Waals surface area contributed by atoms with E-state index in [0.29, 0.717) is 57.1 Å². The molecule has 10 heteroatoms. The number of anilines is 1. The number of nitrogens with one attached hydrogen (secondary N) is 1. The fourth-order valence-corrected chi connectivity index (χ4v) is 5.73. The van der Waals surface area contributed by atoms with E-state index in [4.69, 9.17) is 19.2 Å². The van der Waals surface area contributed by atoms with Crippen LogP contribution in [-0.4, -0.2) is 46.8 Å². The molecular formula is C24H23N3O5S2. The van der Waals surface area contributed by atoms with Gasteiger partial charge < -0.3 is 19.5 Å². The van der Waals surface area contributed by atoms with Crippen LogP contribution in [0.5, 0.6) is 17.2 Å². The minimum atomic E-state index is -0.208. The van der Waals surface area contributed by atoms with Crippen LogP contribution in [0.4, 0.5) is 5.69 Å². The predicted molar refractivity (Wildman–Crippen MR) is 132 cm³/mol. The lowest BCUT2D eigenvalue weighted by Crippen LogP contribution is -2.24. The predicted octanol–water partition coefficient (Wildman–Crippen LogP) is 3.78. The van der Waals surface area contributed by atoms with Gasteiger partial charge in [0, 0.05) is 23.4 Å². The Bertz CT molecular complexity index is 1290. The lowest BCUT2D eigenvalue weighted by atomic mass is 10.2. The van der Waals surface area contributed by atoms with Gasteiger partial charge in [0.2, 0.25) is 5.91 Å². The van der Waals surface area contributed by atoms with E-state index in [9.17, 15) is 9.59 Å². The monoisotopic (exact) mass is 497 g/mol. The van der Waals surface area contributed by atoms with Crippen molar-refractivity contribution in [3.05, 3.63) is 58.5 Å². The lowest BCUT2D eigenvalue weighted by molar-refractivity contribution is -0.113. The average molecular weight is 498 g/mol. The first-order valence-corrected chi connectivity index (χ1v) is 12.7. The molecule has 0 radical (unpaired) electrons. The maximum atomic E-state index is 13.4. The number of amides is 1. The van der Waals surface area contributed by atoms with E-state index in [1.54, 1.807) is 53.8 Å². The summed E-state index contributed by atoms with van der Waals surface area (Å²) in [7, 11) is 1.59. The summed E-state index contributed by atoms with van der Waals surface area (Å²) < 4.78 is 17.9. The molecule has 0 saturated carbocycles. The highest BCUT2D eigenvalue weighted by Gasteiger charge is 2.27. The molecule has 176 valence electrons. The van der Waals surface area contributed by atoms with Crippen molar-refractivity contribution in [3.63, 3.8) is 0 Å². The van der Waals surface area contributed by atoms with Gasteiger partial charge in [0.05, 0.1) is 29.1 Å². The van der Waals surface area contributed by atoms with Gasteiger partial charge in [0.25, 0.3) is 5.56 Å². The quantitative estimate of drug-likeness (QED) is 0.406. The van der Waals surface area contributed by atoms with Crippen LogP contribution in [0.2, 0.25) is 0 Å². The topological polar surface area (TPSA) is 91.7 Å². The van der Waals surface area contributed by atoms with E-state index in [0.717, 1.165) is 12.1 Å². The molecule has 3 heterocycles. The van der Waals surface area contributed by atoms with E-state index in [-0.39, 0.29) is 17.2 Å². The molecule has 3 aromatic rings. The van der Waals surface area contributed by atoms with Crippen LogP contribution < -0.4 is 25.1 Å². The normalized spacial score (nSPS) is 16.1. The number of hydrogen-bond donors (Lipinski definition) is 1. The minimum Gasteiger partial charge on any atom is -0.497 e. The fraction of sp³-hybridized carbons (Fsp3) is 0.292. The van der Waals surface area contributed by atoms with Gasteiger partial charge in [-0.15, -0.1) is 11.8 Å². The summed E-state index contributed by atoms with van der Waals surface area (Å²) in [6.07, 6.45) is 0.732. The van der Waals surface area contributed by atoms with Crippen LogP contribution in [0, 0.1) is 0 Å². The first-order chi connectivity index (χ1) is 16.5. The highest BCUT2D eigenvalue weighted by atomic mass is 32.2. The zero-order chi connectivity index (χ0) is 23.7. The van der Waals surface area contributed by atoms with Crippen molar-refractivity contribution in [1.29, 1.82) is 0 Å². The van der Waals surface area contributed by atoms with E-state index < -0.39 is 0 Å². The van der Waals surface area contributed by atoms with Crippen LogP contribution >= 0.6 is 23.5 Å². The molecule has 0 spiro atoms. The van der Waals surface area contributed by atoms with Gasteiger partial charge in [-0.25, -0.2) is 4.98 Å². The summed E-state index contributed by atoms with van der Waals surface area (Å²) in [6.45, 7) is 3.07. The standard InChI is InChI=1S/C24H23N3O5S2/c1-14-11-18-22(34-14)23(29)27(16-4-6-17(30-2)7-5-16)24(26-18)33-13-21(28)25-15-3-8-19-20(12-15)32-10-9-31-19/h3-8,12,14H,9-11,13H2,1-2H3,(H,25,28). The first-order valence-electron chi connectivity index (χ1n) is 10.8. The molecule has 0 aliphatic carbocycles. The zero-order valence-corrected chi connectivity index (χ0v) is 20.3. The molecule has 0 bridgehead atoms. The summed E-state index contributed by atoms with van der Waals surface area (Å²) in [5.74, 6) is 1.86. The zero-order valence-electron chi connectivity index (χ0n) is 18.7. The SMILES string of the molecule is COc1ccc(-n2c(SCC(=O)Nc3ccc4c(c3)OCCO4)nc3c(c2=O)SC(C)C3)cc1. The first kappa shape index (κ1) is 22.7. The van der Waals surface area contributed by atoms with Gasteiger partial charge in [-0.1, -0.05) is 18.7 Å². The number of ether oxygens (including phenoxy) is 3. The summed E-state index contributed by atoms with van der Waals surface area (Å²) in [5.41, 5.74) is 1.98. The second-order valence-corrected chi connectivity index (χ2v) is 10.2. The number of fused-ring (bicyclic) bond motifs is 2. The van der Waals surface area contributed by atoms with Crippen LogP contribution in [0.1, 0.15) is 12.6 Å². The van der Waals surface area contributed by atoms with Crippen molar-refractivity contribution in [2.45, 2.75) is 28.6 Å². The Morgan fingerprint density at radius 3 is 2.74 bits per heavy atom. The van der Waals surface area contributed by atoms with E-state index >= 15 is 0 Å². The Hall–Kier alpha value is -3.11. The molecule has 0 fully saturated rings. The Labute approximate surface area is 205 Å². The number of rotatable bonds is 6. The molecule has 0 saturated heterocycles. The van der Waals surface area contributed by atoms with Crippen LogP contribution in [0.25, 0.3) is 5.69 Å². The van der Waals surface area contributed by atoms with Gasteiger partial charge in [-0.2, -0.15) is 0 Å². The third-order valence-corrected chi connectivity index (χ3v) is 7.52. The number of nitrogens with zero attached hydrogens (tertiary/aromatic N) is 2. The van der Waals surface area contributed by atoms with Crippen molar-refractivity contribution in [1.82, 2.24) is 9.55 Å². The molecule has 1 N–H and O–H groups in total. The maximum absolute atomic E-state index is 13.4. The molecule has 2 aromatic carbocycles. The minimum absolute atomic E-state index is 0.0958. The van der Waals surface area contributed by atoms with Crippen LogP contribution in [0.15, 0.2) is 57.3 Å². The Balaban J connectivity index is 1.38. The summed E-state index contributed by atoms with van der Waals surface area (Å²) in [5, 5.41) is 3.66. The van der Waals surface area contributed by atoms with Crippen LogP contribution in [-0.2, 0) is 11.2 Å². The summed E-state index contributed by atoms with van der Waals surface area (Å²) in [4.78, 5) is 31.6. The Kier molecular flexibility index (Phi) is 6.42. The summed E-state index contributed by atoms with van der Waals surface area (Å²) >= 11 is 2.78. The Morgan fingerprint density at radius 1 is 1.21 bits per heavy atom. The lowest BCUT2D eigenvalue weighted by Gasteiger charge is -2.19. The number of methoxy groups -OCH3 is 1. The van der Waals surface area contributed by atoms with Crippen LogP contribution in [0.3, 0.4) is 0 Å². The second kappa shape index (κ2) is 9.63. The highest BCUT2D eigenvalue weighted by Crippen LogP contribution is 2.35. The van der Waals surface area contributed by atoms with Gasteiger partial charge in [0.1, 0.15) is 19.0 Å². The molecule has 5 rings (SSSR count). The molecule has 1 aromatic heterocycles. The van der Waals surface area contributed by atoms with Gasteiger partial charge in [-0.05, 0) is 36.4 Å². The number of carbonyl (C=O) groups excluding carboxylic acids is 1. The molecule has 2 aliphatic heterocycles. The van der Waals surface area contributed by atoms with E-state index in [2.05, 4.69) is 12.2 Å². The maximum Gasteiger partial charge on any atom is 0.272 e. The molecule has 1 atom stereocenters. The highest BCUT2D eigenvalue weighted by molar-refractivity contribution is 8.00. The van der Waals surface area contributed by atoms with Gasteiger partial charge in [-0.3, -0.25) is 14.2 Å². The molecule has 8 nitrogen and oxygen atoms in total. The van der Waals surface area contributed by atoms with Crippen molar-refractivity contribution >= 4 is 35.1 Å². The third-order valence-electron chi connectivity index (χ3n) is 5.37. The number of benzene rings is 2. The molecular weight excluding hydrogens is 474 g/mol. The molecule has 1 amide bonds. The smallest absolute Gasteiger partial charge is 0.272 e. The van der Waals surface area contributed by atoms with Crippen molar-refractivity contribution in [2.75, 3.05) is 31.4 Å². The second-order valence-electron chi connectivity index (χ2n) is 7.84. The number of thioether (sulfide) groups is 2. The van der Waals surface area contributed by atoms with E-state index in [1.165, 1.54) is 11.8 Å². The Morgan fingerprint density at radius 2 is 1.97 bits per heavy atom. The van der Waals surface area contributed by atoms with Gasteiger partial charge in [0.15, 0.2) is 16.7 Å². The number of carbonyl (C=O) groups is 1. The van der Waals surface area contributed by atoms with Crippen molar-refractivity contribution in [3.8, 4) is 22.9 Å². The third kappa shape index (κ3) is 4.60. The average Bonchev–Trinajstić information content (AvgIpc) is 3.23. The van der Waals surface area contributed by atoms with E-state index in [1.807, 2.05) is 12.1 Å². The molecule has 34 heavy (non-hydrogen) atoms. The largest absolute Gasteiger partial charge is 0.497 e. The fourth-order valence-electron chi connectivity index (χ4n) is 3.80. The number of aromatic nitrogens is 2. The molecule has 1 unspecified atom stereocenters. The van der Waals surface area contributed by atoms with Crippen molar-refractivity contribution < 1.29 is 19.0 Å². The molecule has 2 aliphatic rings. The van der Waals surface area contributed by atoms with Gasteiger partial charge >= 0.3 is 0 Å². The summed E-state index contributed by atoms with van der Waals surface area (Å²) in [6, 6.07) is 12.5. The van der Waals surface area contributed by atoms with Crippen molar-refractivity contribution in [2.24, 2.45) is 0 Å².